The standard InChI is InChI=1S/C10H12FNOS/c1-12(6-7-14)10(13)8-2-4-9(11)5-3-8/h2-5,14H,6-7H2,1H3. The van der Waals surface area contributed by atoms with Crippen LogP contribution < -0.4 is 0 Å². The molecule has 0 aliphatic heterocycles. The molecule has 1 aromatic carbocycles. The molecule has 0 spiro atoms. The second-order valence-corrected chi connectivity index (χ2v) is 3.40. The fourth-order valence-electron chi connectivity index (χ4n) is 1.06. The SMILES string of the molecule is CN(CCS)C(=O)c1ccc(F)cc1. The van der Waals surface area contributed by atoms with Gasteiger partial charge in [-0.25, -0.2) is 4.39 Å². The molecule has 0 saturated carbocycles. The van der Waals surface area contributed by atoms with Gasteiger partial charge in [0.05, 0.1) is 0 Å². The average molecular weight is 213 g/mol. The molecule has 0 aromatic heterocycles. The third-order valence-corrected chi connectivity index (χ3v) is 2.07. The highest BCUT2D eigenvalue weighted by molar-refractivity contribution is 7.80. The highest BCUT2D eigenvalue weighted by atomic mass is 32.1. The highest BCUT2D eigenvalue weighted by Gasteiger charge is 2.09. The minimum Gasteiger partial charge on any atom is -0.341 e. The van der Waals surface area contributed by atoms with Crippen molar-refractivity contribution in [2.75, 3.05) is 19.3 Å². The topological polar surface area (TPSA) is 20.3 Å². The van der Waals surface area contributed by atoms with Crippen LogP contribution in [0.3, 0.4) is 0 Å². The Bertz CT molecular complexity index is 312. The Morgan fingerprint density at radius 3 is 2.50 bits per heavy atom. The van der Waals surface area contributed by atoms with Crippen molar-refractivity contribution in [2.24, 2.45) is 0 Å². The van der Waals surface area contributed by atoms with Crippen LogP contribution >= 0.6 is 12.6 Å². The first kappa shape index (κ1) is 11.0. The van der Waals surface area contributed by atoms with Crippen LogP contribution in [-0.4, -0.2) is 30.2 Å². The molecule has 1 aromatic rings. The highest BCUT2D eigenvalue weighted by Crippen LogP contribution is 2.05. The smallest absolute Gasteiger partial charge is 0.253 e. The minimum absolute atomic E-state index is 0.112. The van der Waals surface area contributed by atoms with E-state index < -0.39 is 0 Å². The molecule has 0 radical (unpaired) electrons. The molecular formula is C10H12FNOS. The Kier molecular flexibility index (Phi) is 3.95. The molecule has 0 atom stereocenters. The van der Waals surface area contributed by atoms with Gasteiger partial charge in [0, 0.05) is 24.9 Å². The van der Waals surface area contributed by atoms with E-state index in [4.69, 9.17) is 0 Å². The van der Waals surface area contributed by atoms with Crippen LogP contribution in [-0.2, 0) is 0 Å². The number of hydrogen-bond donors (Lipinski definition) is 1. The number of nitrogens with zero attached hydrogens (tertiary/aromatic N) is 1. The predicted molar refractivity (Wildman–Crippen MR) is 57.2 cm³/mol. The van der Waals surface area contributed by atoms with Gasteiger partial charge in [0.1, 0.15) is 5.82 Å². The molecule has 1 amide bonds. The van der Waals surface area contributed by atoms with Crippen molar-refractivity contribution < 1.29 is 9.18 Å². The van der Waals surface area contributed by atoms with Crippen molar-refractivity contribution in [3.63, 3.8) is 0 Å². The number of hydrogen-bond acceptors (Lipinski definition) is 2. The summed E-state index contributed by atoms with van der Waals surface area (Å²) in [7, 11) is 1.70. The van der Waals surface area contributed by atoms with Crippen molar-refractivity contribution in [1.82, 2.24) is 4.90 Å². The fourth-order valence-corrected chi connectivity index (χ4v) is 1.36. The van der Waals surface area contributed by atoms with Gasteiger partial charge in [0.2, 0.25) is 0 Å². The van der Waals surface area contributed by atoms with Crippen LogP contribution in [0, 0.1) is 5.82 Å². The van der Waals surface area contributed by atoms with Gasteiger partial charge in [-0.3, -0.25) is 4.79 Å². The quantitative estimate of drug-likeness (QED) is 0.759. The summed E-state index contributed by atoms with van der Waals surface area (Å²) in [6.45, 7) is 0.583. The van der Waals surface area contributed by atoms with Crippen LogP contribution in [0.25, 0.3) is 0 Å². The third kappa shape index (κ3) is 2.73. The van der Waals surface area contributed by atoms with Gasteiger partial charge in [-0.1, -0.05) is 0 Å². The maximum absolute atomic E-state index is 12.6. The molecule has 0 fully saturated rings. The summed E-state index contributed by atoms with van der Waals surface area (Å²) in [5.74, 6) is 0.168. The number of halogens is 1. The summed E-state index contributed by atoms with van der Waals surface area (Å²) in [4.78, 5) is 13.2. The summed E-state index contributed by atoms with van der Waals surface area (Å²) in [5, 5.41) is 0. The number of carbonyl (C=O) groups is 1. The Balaban J connectivity index is 2.74. The first-order chi connectivity index (χ1) is 6.65. The van der Waals surface area contributed by atoms with Gasteiger partial charge >= 0.3 is 0 Å². The lowest BCUT2D eigenvalue weighted by Gasteiger charge is -2.15. The molecule has 0 aliphatic carbocycles. The van der Waals surface area contributed by atoms with E-state index in [0.717, 1.165) is 0 Å². The molecule has 0 N–H and O–H groups in total. The van der Waals surface area contributed by atoms with Crippen molar-refractivity contribution >= 4 is 18.5 Å². The number of amides is 1. The minimum atomic E-state index is -0.335. The molecule has 0 heterocycles. The number of benzene rings is 1. The monoisotopic (exact) mass is 213 g/mol. The number of carbonyl (C=O) groups excluding carboxylic acids is 1. The molecule has 0 saturated heterocycles. The molecule has 0 unspecified atom stereocenters. The van der Waals surface area contributed by atoms with Gasteiger partial charge < -0.3 is 4.90 Å². The third-order valence-electron chi connectivity index (χ3n) is 1.87. The first-order valence-electron chi connectivity index (χ1n) is 4.27. The average Bonchev–Trinajstić information content (AvgIpc) is 2.18. The van der Waals surface area contributed by atoms with E-state index in [9.17, 15) is 9.18 Å². The summed E-state index contributed by atoms with van der Waals surface area (Å²) in [6.07, 6.45) is 0. The summed E-state index contributed by atoms with van der Waals surface area (Å²) >= 11 is 4.03. The van der Waals surface area contributed by atoms with Crippen molar-refractivity contribution in [3.05, 3.63) is 35.6 Å². The van der Waals surface area contributed by atoms with Crippen LogP contribution in [0.5, 0.6) is 0 Å². The molecular weight excluding hydrogens is 201 g/mol. The molecule has 76 valence electrons. The lowest BCUT2D eigenvalue weighted by molar-refractivity contribution is 0.0804. The summed E-state index contributed by atoms with van der Waals surface area (Å²) in [5.41, 5.74) is 0.496. The normalized spacial score (nSPS) is 9.93. The molecule has 14 heavy (non-hydrogen) atoms. The zero-order chi connectivity index (χ0) is 10.6. The Morgan fingerprint density at radius 2 is 2.00 bits per heavy atom. The molecule has 1 rings (SSSR count). The van der Waals surface area contributed by atoms with Gasteiger partial charge in [-0.05, 0) is 24.3 Å². The second-order valence-electron chi connectivity index (χ2n) is 2.96. The zero-order valence-electron chi connectivity index (χ0n) is 7.90. The summed E-state index contributed by atoms with van der Waals surface area (Å²) in [6, 6.07) is 5.52. The maximum atomic E-state index is 12.6. The van der Waals surface area contributed by atoms with Crippen LogP contribution in [0.2, 0.25) is 0 Å². The largest absolute Gasteiger partial charge is 0.341 e. The molecule has 4 heteroatoms. The lowest BCUT2D eigenvalue weighted by Crippen LogP contribution is -2.28. The molecule has 2 nitrogen and oxygen atoms in total. The van der Waals surface area contributed by atoms with Gasteiger partial charge in [-0.15, -0.1) is 0 Å². The Labute approximate surface area is 88.1 Å². The van der Waals surface area contributed by atoms with Gasteiger partial charge in [0.15, 0.2) is 0 Å². The van der Waals surface area contributed by atoms with Crippen molar-refractivity contribution in [3.8, 4) is 0 Å². The van der Waals surface area contributed by atoms with Crippen molar-refractivity contribution in [2.45, 2.75) is 0 Å². The fraction of sp³-hybridized carbons (Fsp3) is 0.300. The lowest BCUT2D eigenvalue weighted by atomic mass is 10.2. The van der Waals surface area contributed by atoms with E-state index in [1.54, 1.807) is 11.9 Å². The van der Waals surface area contributed by atoms with E-state index in [1.165, 1.54) is 24.3 Å². The number of thiol groups is 1. The van der Waals surface area contributed by atoms with Gasteiger partial charge in [0.25, 0.3) is 5.91 Å². The number of rotatable bonds is 3. The Morgan fingerprint density at radius 1 is 1.43 bits per heavy atom. The van der Waals surface area contributed by atoms with Gasteiger partial charge in [-0.2, -0.15) is 12.6 Å². The van der Waals surface area contributed by atoms with E-state index >= 15 is 0 Å². The predicted octanol–water partition coefficient (Wildman–Crippen LogP) is 1.83. The van der Waals surface area contributed by atoms with Crippen LogP contribution in [0.15, 0.2) is 24.3 Å². The first-order valence-corrected chi connectivity index (χ1v) is 4.90. The molecule has 0 bridgehead atoms. The van der Waals surface area contributed by atoms with Crippen LogP contribution in [0.4, 0.5) is 4.39 Å². The van der Waals surface area contributed by atoms with E-state index in [-0.39, 0.29) is 11.7 Å². The summed E-state index contributed by atoms with van der Waals surface area (Å²) < 4.78 is 12.6. The van der Waals surface area contributed by atoms with Crippen molar-refractivity contribution in [1.29, 1.82) is 0 Å². The molecule has 0 aliphatic rings. The second kappa shape index (κ2) is 5.00. The van der Waals surface area contributed by atoms with Crippen LogP contribution in [0.1, 0.15) is 10.4 Å². The Hall–Kier alpha value is -1.03. The van der Waals surface area contributed by atoms with E-state index in [0.29, 0.717) is 17.9 Å². The van der Waals surface area contributed by atoms with E-state index in [2.05, 4.69) is 12.6 Å². The maximum Gasteiger partial charge on any atom is 0.253 e. The van der Waals surface area contributed by atoms with E-state index in [1.807, 2.05) is 0 Å². The zero-order valence-corrected chi connectivity index (χ0v) is 8.80.